The highest BCUT2D eigenvalue weighted by Gasteiger charge is 2.15. The van der Waals surface area contributed by atoms with Crippen LogP contribution in [0.15, 0.2) is 24.8 Å². The van der Waals surface area contributed by atoms with Crippen molar-refractivity contribution in [1.29, 1.82) is 0 Å². The summed E-state index contributed by atoms with van der Waals surface area (Å²) in [7, 11) is 3.71. The Morgan fingerprint density at radius 1 is 1.47 bits per heavy atom. The summed E-state index contributed by atoms with van der Waals surface area (Å²) in [5.41, 5.74) is 1.70. The quantitative estimate of drug-likeness (QED) is 0.574. The number of aromatic nitrogens is 4. The minimum absolute atomic E-state index is 0.123. The second-order valence-electron chi connectivity index (χ2n) is 3.87. The first-order valence-electron chi connectivity index (χ1n) is 5.14. The van der Waals surface area contributed by atoms with E-state index < -0.39 is 0 Å². The summed E-state index contributed by atoms with van der Waals surface area (Å²) in [5, 5.41) is 4.02. The van der Waals surface area contributed by atoms with E-state index in [1.807, 2.05) is 14.1 Å². The average molecular weight is 231 g/mol. The molecule has 0 unspecified atom stereocenters. The number of fused-ring (bicyclic) bond motifs is 1. The molecule has 0 fully saturated rings. The van der Waals surface area contributed by atoms with Gasteiger partial charge in [-0.15, -0.1) is 0 Å². The van der Waals surface area contributed by atoms with Crippen LogP contribution >= 0.6 is 0 Å². The van der Waals surface area contributed by atoms with Crippen molar-refractivity contribution in [3.8, 4) is 0 Å². The van der Waals surface area contributed by atoms with E-state index in [1.165, 1.54) is 16.9 Å². The van der Waals surface area contributed by atoms with Crippen LogP contribution in [-0.4, -0.2) is 44.4 Å². The van der Waals surface area contributed by atoms with Crippen LogP contribution in [0.2, 0.25) is 0 Å². The molecular weight excluding hydrogens is 218 g/mol. The molecule has 0 aliphatic rings. The van der Waals surface area contributed by atoms with E-state index in [2.05, 4.69) is 15.1 Å². The van der Waals surface area contributed by atoms with Gasteiger partial charge in [0.25, 0.3) is 0 Å². The van der Waals surface area contributed by atoms with Crippen LogP contribution < -0.4 is 0 Å². The zero-order valence-electron chi connectivity index (χ0n) is 9.95. The van der Waals surface area contributed by atoms with Crippen LogP contribution in [0, 0.1) is 6.92 Å². The summed E-state index contributed by atoms with van der Waals surface area (Å²) >= 11 is 0. The second-order valence-corrected chi connectivity index (χ2v) is 3.87. The van der Waals surface area contributed by atoms with Crippen LogP contribution in [0.1, 0.15) is 16.2 Å². The molecule has 0 aromatic carbocycles. The number of imidazole rings is 1. The fourth-order valence-electron chi connectivity index (χ4n) is 1.50. The number of rotatable bonds is 3. The second kappa shape index (κ2) is 4.32. The third kappa shape index (κ3) is 2.15. The average Bonchev–Trinajstić information content (AvgIpc) is 2.61. The molecule has 0 saturated carbocycles. The molecule has 0 saturated heterocycles. The molecule has 0 N–H and O–H groups in total. The first kappa shape index (κ1) is 11.3. The minimum atomic E-state index is -0.123. The Hall–Kier alpha value is -2.24. The van der Waals surface area contributed by atoms with Gasteiger partial charge in [-0.25, -0.2) is 14.5 Å². The maximum absolute atomic E-state index is 12.0. The maximum Gasteiger partial charge on any atom is 0.207 e. The van der Waals surface area contributed by atoms with E-state index in [4.69, 9.17) is 0 Å². The largest absolute Gasteiger partial charge is 0.383 e. The summed E-state index contributed by atoms with van der Waals surface area (Å²) in [6, 6.07) is 0. The lowest BCUT2D eigenvalue weighted by molar-refractivity contribution is 0.103. The van der Waals surface area contributed by atoms with Gasteiger partial charge in [0.15, 0.2) is 5.65 Å². The molecule has 88 valence electrons. The van der Waals surface area contributed by atoms with Gasteiger partial charge in [-0.05, 0) is 6.92 Å². The standard InChI is InChI=1S/C11H13N5O/c1-8-11(9(17)4-5-15(2)3)16-10(14-8)6-12-7-13-16/h4-7H,1-3H3. The van der Waals surface area contributed by atoms with Crippen molar-refractivity contribution in [2.45, 2.75) is 6.92 Å². The van der Waals surface area contributed by atoms with Crippen molar-refractivity contribution in [2.24, 2.45) is 0 Å². The van der Waals surface area contributed by atoms with Gasteiger partial charge in [-0.3, -0.25) is 4.79 Å². The van der Waals surface area contributed by atoms with Gasteiger partial charge in [0, 0.05) is 26.4 Å². The number of nitrogens with zero attached hydrogens (tertiary/aromatic N) is 5. The Kier molecular flexibility index (Phi) is 2.86. The van der Waals surface area contributed by atoms with Crippen molar-refractivity contribution in [2.75, 3.05) is 14.1 Å². The van der Waals surface area contributed by atoms with E-state index >= 15 is 0 Å². The van der Waals surface area contributed by atoms with E-state index in [1.54, 1.807) is 24.2 Å². The summed E-state index contributed by atoms with van der Waals surface area (Å²) in [5.74, 6) is -0.123. The zero-order valence-corrected chi connectivity index (χ0v) is 9.95. The third-order valence-electron chi connectivity index (χ3n) is 2.23. The van der Waals surface area contributed by atoms with Crippen molar-refractivity contribution in [1.82, 2.24) is 24.5 Å². The summed E-state index contributed by atoms with van der Waals surface area (Å²) in [6.45, 7) is 1.78. The summed E-state index contributed by atoms with van der Waals surface area (Å²) < 4.78 is 1.50. The lowest BCUT2D eigenvalue weighted by atomic mass is 10.2. The van der Waals surface area contributed by atoms with E-state index in [9.17, 15) is 4.79 Å². The highest BCUT2D eigenvalue weighted by molar-refractivity contribution is 6.04. The smallest absolute Gasteiger partial charge is 0.207 e. The van der Waals surface area contributed by atoms with E-state index in [0.717, 1.165) is 0 Å². The van der Waals surface area contributed by atoms with Crippen LogP contribution in [0.4, 0.5) is 0 Å². The summed E-state index contributed by atoms with van der Waals surface area (Å²) in [6.07, 6.45) is 6.16. The number of carbonyl (C=O) groups excluding carboxylic acids is 1. The molecular formula is C11H13N5O. The van der Waals surface area contributed by atoms with Gasteiger partial charge in [0.05, 0.1) is 11.9 Å². The molecule has 0 aliphatic heterocycles. The number of hydrogen-bond acceptors (Lipinski definition) is 5. The molecule has 6 heteroatoms. The normalized spacial score (nSPS) is 11.2. The monoisotopic (exact) mass is 231 g/mol. The number of aryl methyl sites for hydroxylation is 1. The number of hydrogen-bond donors (Lipinski definition) is 0. The van der Waals surface area contributed by atoms with Gasteiger partial charge >= 0.3 is 0 Å². The molecule has 2 rings (SSSR count). The van der Waals surface area contributed by atoms with Crippen LogP contribution in [-0.2, 0) is 0 Å². The van der Waals surface area contributed by atoms with E-state index in [-0.39, 0.29) is 5.78 Å². The molecule has 0 amide bonds. The molecule has 2 aromatic rings. The van der Waals surface area contributed by atoms with Gasteiger partial charge in [-0.2, -0.15) is 5.10 Å². The van der Waals surface area contributed by atoms with Gasteiger partial charge in [0.2, 0.25) is 5.78 Å². The minimum Gasteiger partial charge on any atom is -0.383 e. The highest BCUT2D eigenvalue weighted by atomic mass is 16.1. The van der Waals surface area contributed by atoms with Crippen LogP contribution in [0.5, 0.6) is 0 Å². The fourth-order valence-corrected chi connectivity index (χ4v) is 1.50. The lowest BCUT2D eigenvalue weighted by Crippen LogP contribution is -2.07. The highest BCUT2D eigenvalue weighted by Crippen LogP contribution is 2.10. The lowest BCUT2D eigenvalue weighted by Gasteiger charge is -2.02. The predicted molar refractivity (Wildman–Crippen MR) is 62.7 cm³/mol. The molecule has 0 radical (unpaired) electrons. The van der Waals surface area contributed by atoms with Crippen molar-refractivity contribution in [3.05, 3.63) is 36.2 Å². The van der Waals surface area contributed by atoms with Crippen molar-refractivity contribution in [3.63, 3.8) is 0 Å². The SMILES string of the molecule is Cc1nc2cncnn2c1C(=O)C=CN(C)C. The fraction of sp³-hybridized carbons (Fsp3) is 0.273. The zero-order chi connectivity index (χ0) is 12.4. The predicted octanol–water partition coefficient (Wildman–Crippen LogP) is 0.691. The molecule has 0 spiro atoms. The molecule has 6 nitrogen and oxygen atoms in total. The topological polar surface area (TPSA) is 63.4 Å². The Morgan fingerprint density at radius 3 is 2.94 bits per heavy atom. The van der Waals surface area contributed by atoms with Gasteiger partial charge in [0.1, 0.15) is 12.0 Å². The molecule has 2 aromatic heterocycles. The van der Waals surface area contributed by atoms with E-state index in [0.29, 0.717) is 17.0 Å². The van der Waals surface area contributed by atoms with Gasteiger partial charge in [-0.1, -0.05) is 0 Å². The molecule has 2 heterocycles. The van der Waals surface area contributed by atoms with Gasteiger partial charge < -0.3 is 4.90 Å². The molecule has 17 heavy (non-hydrogen) atoms. The van der Waals surface area contributed by atoms with Crippen molar-refractivity contribution >= 4 is 11.4 Å². The Morgan fingerprint density at radius 2 is 2.24 bits per heavy atom. The number of ketones is 1. The number of allylic oxidation sites excluding steroid dienone is 1. The van der Waals surface area contributed by atoms with Crippen LogP contribution in [0.3, 0.4) is 0 Å². The molecule has 0 bridgehead atoms. The third-order valence-corrected chi connectivity index (χ3v) is 2.23. The summed E-state index contributed by atoms with van der Waals surface area (Å²) in [4.78, 5) is 21.9. The molecule has 0 atom stereocenters. The number of carbonyl (C=O) groups is 1. The Bertz CT molecular complexity index is 585. The molecule has 0 aliphatic carbocycles. The van der Waals surface area contributed by atoms with Crippen LogP contribution in [0.25, 0.3) is 5.65 Å². The first-order valence-corrected chi connectivity index (χ1v) is 5.14. The Labute approximate surface area is 98.6 Å². The maximum atomic E-state index is 12.0. The van der Waals surface area contributed by atoms with Crippen molar-refractivity contribution < 1.29 is 4.79 Å². The Balaban J connectivity index is 2.48. The first-order chi connectivity index (χ1) is 8.09.